The lowest BCUT2D eigenvalue weighted by Gasteiger charge is -2.07. The number of anilines is 1. The molecule has 2 aromatic heterocycles. The van der Waals surface area contributed by atoms with Crippen molar-refractivity contribution < 1.29 is 9.45 Å². The smallest absolute Gasteiger partial charge is 0.301 e. The molecule has 7 nitrogen and oxygen atoms in total. The van der Waals surface area contributed by atoms with Gasteiger partial charge in [0.15, 0.2) is 0 Å². The van der Waals surface area contributed by atoms with Gasteiger partial charge in [-0.3, -0.25) is 15.1 Å². The fraction of sp³-hybridized carbons (Fsp3) is 0.0769. The molecule has 0 aliphatic heterocycles. The van der Waals surface area contributed by atoms with E-state index in [2.05, 4.69) is 15.5 Å². The molecule has 1 N–H and O–H groups in total. The van der Waals surface area contributed by atoms with Gasteiger partial charge in [0.1, 0.15) is 17.6 Å². The lowest BCUT2D eigenvalue weighted by Crippen LogP contribution is -2.03. The average Bonchev–Trinajstić information content (AvgIpc) is 2.97. The first-order valence-corrected chi connectivity index (χ1v) is 5.91. The summed E-state index contributed by atoms with van der Waals surface area (Å²) in [5, 5.41) is 18.5. The monoisotopic (exact) mass is 270 g/mol. The summed E-state index contributed by atoms with van der Waals surface area (Å²) >= 11 is 0. The second kappa shape index (κ2) is 4.96. The Labute approximate surface area is 113 Å². The third-order valence-electron chi connectivity index (χ3n) is 2.89. The van der Waals surface area contributed by atoms with Gasteiger partial charge < -0.3 is 9.84 Å². The van der Waals surface area contributed by atoms with Crippen molar-refractivity contribution in [3.63, 3.8) is 0 Å². The molecule has 0 aliphatic rings. The first kappa shape index (κ1) is 12.1. The van der Waals surface area contributed by atoms with Crippen LogP contribution in [-0.4, -0.2) is 15.1 Å². The van der Waals surface area contributed by atoms with E-state index in [9.17, 15) is 10.1 Å². The summed E-state index contributed by atoms with van der Waals surface area (Å²) in [5.74, 6) is 0. The second-order valence-corrected chi connectivity index (χ2v) is 4.13. The largest absolute Gasteiger partial charge is 0.374 e. The van der Waals surface area contributed by atoms with Gasteiger partial charge in [0.05, 0.1) is 22.4 Å². The molecule has 0 atom stereocenters. The Morgan fingerprint density at radius 1 is 1.30 bits per heavy atom. The van der Waals surface area contributed by atoms with Crippen LogP contribution in [0.4, 0.5) is 11.4 Å². The van der Waals surface area contributed by atoms with E-state index >= 15 is 0 Å². The summed E-state index contributed by atoms with van der Waals surface area (Å²) < 4.78 is 4.72. The van der Waals surface area contributed by atoms with E-state index in [1.165, 1.54) is 6.26 Å². The quantitative estimate of drug-likeness (QED) is 0.578. The molecule has 0 amide bonds. The maximum absolute atomic E-state index is 11.3. The number of hydrogen-bond donors (Lipinski definition) is 1. The SMILES string of the molecule is O=[N+]([O-])c1c(NCc2ccon2)ccc2ncccc12. The summed E-state index contributed by atoms with van der Waals surface area (Å²) in [6, 6.07) is 8.45. The lowest BCUT2D eigenvalue weighted by atomic mass is 10.1. The van der Waals surface area contributed by atoms with Crippen LogP contribution in [0.3, 0.4) is 0 Å². The summed E-state index contributed by atoms with van der Waals surface area (Å²) in [6.45, 7) is 0.350. The second-order valence-electron chi connectivity index (χ2n) is 4.13. The summed E-state index contributed by atoms with van der Waals surface area (Å²) in [6.07, 6.45) is 3.06. The molecule has 0 bridgehead atoms. The van der Waals surface area contributed by atoms with Gasteiger partial charge in [-0.2, -0.15) is 0 Å². The fourth-order valence-electron chi connectivity index (χ4n) is 1.99. The average molecular weight is 270 g/mol. The van der Waals surface area contributed by atoms with E-state index < -0.39 is 4.92 Å². The highest BCUT2D eigenvalue weighted by Crippen LogP contribution is 2.32. The zero-order valence-corrected chi connectivity index (χ0v) is 10.3. The maximum atomic E-state index is 11.3. The molecule has 7 heteroatoms. The summed E-state index contributed by atoms with van der Waals surface area (Å²) in [7, 11) is 0. The van der Waals surface area contributed by atoms with Crippen molar-refractivity contribution in [1.29, 1.82) is 0 Å². The summed E-state index contributed by atoms with van der Waals surface area (Å²) in [5.41, 5.74) is 1.70. The van der Waals surface area contributed by atoms with Crippen molar-refractivity contribution in [2.45, 2.75) is 6.54 Å². The first-order valence-electron chi connectivity index (χ1n) is 5.91. The number of rotatable bonds is 4. The number of nitrogens with zero attached hydrogens (tertiary/aromatic N) is 3. The van der Waals surface area contributed by atoms with Gasteiger partial charge in [0, 0.05) is 12.3 Å². The summed E-state index contributed by atoms with van der Waals surface area (Å²) in [4.78, 5) is 15.0. The van der Waals surface area contributed by atoms with Crippen LogP contribution in [0.5, 0.6) is 0 Å². The third-order valence-corrected chi connectivity index (χ3v) is 2.89. The Kier molecular flexibility index (Phi) is 3.00. The van der Waals surface area contributed by atoms with Crippen LogP contribution < -0.4 is 5.32 Å². The van der Waals surface area contributed by atoms with Crippen LogP contribution in [0, 0.1) is 10.1 Å². The van der Waals surface area contributed by atoms with E-state index in [4.69, 9.17) is 4.52 Å². The molecule has 3 rings (SSSR count). The van der Waals surface area contributed by atoms with Gasteiger partial charge in [-0.1, -0.05) is 5.16 Å². The normalized spacial score (nSPS) is 10.6. The minimum Gasteiger partial charge on any atom is -0.374 e. The highest BCUT2D eigenvalue weighted by atomic mass is 16.6. The van der Waals surface area contributed by atoms with Gasteiger partial charge in [0.2, 0.25) is 0 Å². The van der Waals surface area contributed by atoms with Gasteiger partial charge in [0.25, 0.3) is 0 Å². The molecule has 20 heavy (non-hydrogen) atoms. The van der Waals surface area contributed by atoms with Crippen molar-refractivity contribution >= 4 is 22.3 Å². The molecule has 0 spiro atoms. The van der Waals surface area contributed by atoms with Crippen molar-refractivity contribution in [3.05, 3.63) is 58.6 Å². The number of benzene rings is 1. The van der Waals surface area contributed by atoms with Crippen molar-refractivity contribution in [2.24, 2.45) is 0 Å². The van der Waals surface area contributed by atoms with Crippen LogP contribution in [0.15, 0.2) is 47.3 Å². The van der Waals surface area contributed by atoms with Crippen LogP contribution in [0.25, 0.3) is 10.9 Å². The zero-order valence-electron chi connectivity index (χ0n) is 10.3. The molecule has 0 saturated heterocycles. The predicted molar refractivity (Wildman–Crippen MR) is 72.2 cm³/mol. The Morgan fingerprint density at radius 3 is 2.95 bits per heavy atom. The lowest BCUT2D eigenvalue weighted by molar-refractivity contribution is -0.382. The van der Waals surface area contributed by atoms with Crippen LogP contribution >= 0.6 is 0 Å². The number of nitro groups is 1. The molecule has 0 radical (unpaired) electrons. The van der Waals surface area contributed by atoms with E-state index in [1.54, 1.807) is 36.5 Å². The van der Waals surface area contributed by atoms with E-state index in [0.717, 1.165) is 0 Å². The minimum atomic E-state index is -0.408. The predicted octanol–water partition coefficient (Wildman–Crippen LogP) is 2.74. The number of nitro benzene ring substituents is 1. The highest BCUT2D eigenvalue weighted by Gasteiger charge is 2.18. The van der Waals surface area contributed by atoms with Crippen LogP contribution in [0.1, 0.15) is 5.69 Å². The van der Waals surface area contributed by atoms with Crippen molar-refractivity contribution in [1.82, 2.24) is 10.1 Å². The van der Waals surface area contributed by atoms with Crippen molar-refractivity contribution in [2.75, 3.05) is 5.32 Å². The molecule has 3 aromatic rings. The standard InChI is InChI=1S/C13H10N4O3/c18-17(19)13-10-2-1-6-14-11(10)3-4-12(13)15-8-9-5-7-20-16-9/h1-7,15H,8H2. The van der Waals surface area contributed by atoms with E-state index in [-0.39, 0.29) is 5.69 Å². The topological polar surface area (TPSA) is 94.1 Å². The van der Waals surface area contributed by atoms with Crippen LogP contribution in [0.2, 0.25) is 0 Å². The molecule has 0 fully saturated rings. The first-order chi connectivity index (χ1) is 9.75. The number of nitrogens with one attached hydrogen (secondary N) is 1. The van der Waals surface area contributed by atoms with E-state index in [1.807, 2.05) is 0 Å². The van der Waals surface area contributed by atoms with E-state index in [0.29, 0.717) is 28.8 Å². The van der Waals surface area contributed by atoms with Gasteiger partial charge in [-0.15, -0.1) is 0 Å². The molecule has 2 heterocycles. The van der Waals surface area contributed by atoms with Gasteiger partial charge >= 0.3 is 5.69 Å². The third kappa shape index (κ3) is 2.16. The Hall–Kier alpha value is -2.96. The number of aromatic nitrogens is 2. The maximum Gasteiger partial charge on any atom is 0.301 e. The molecular formula is C13H10N4O3. The Morgan fingerprint density at radius 2 is 2.20 bits per heavy atom. The molecular weight excluding hydrogens is 260 g/mol. The van der Waals surface area contributed by atoms with Gasteiger partial charge in [-0.25, -0.2) is 0 Å². The highest BCUT2D eigenvalue weighted by molar-refractivity contribution is 5.94. The molecule has 0 unspecified atom stereocenters. The molecule has 1 aromatic carbocycles. The minimum absolute atomic E-state index is 0.0131. The van der Waals surface area contributed by atoms with Gasteiger partial charge in [-0.05, 0) is 24.3 Å². The van der Waals surface area contributed by atoms with Crippen molar-refractivity contribution in [3.8, 4) is 0 Å². The number of hydrogen-bond acceptors (Lipinski definition) is 6. The fourth-order valence-corrected chi connectivity index (χ4v) is 1.99. The molecule has 100 valence electrons. The molecule has 0 saturated carbocycles. The van der Waals surface area contributed by atoms with Crippen LogP contribution in [-0.2, 0) is 6.54 Å². The number of fused-ring (bicyclic) bond motifs is 1. The zero-order chi connectivity index (χ0) is 13.9. The molecule has 0 aliphatic carbocycles. The number of pyridine rings is 1. The Bertz CT molecular complexity index is 755. The Balaban J connectivity index is 2.01.